The summed E-state index contributed by atoms with van der Waals surface area (Å²) in [6, 6.07) is 6.88. The number of rotatable bonds is 7. The SMILES string of the molecule is CNC(=O)C1CCCCC1C(=O)N1CCc2c(Cl)ccc(OCc3cccnn3)c2[C@H]1CN1CCCC1=O. The Labute approximate surface area is 227 Å². The largest absolute Gasteiger partial charge is 0.487 e. The minimum absolute atomic E-state index is 0.0274. The van der Waals surface area contributed by atoms with Gasteiger partial charge in [0, 0.05) is 61.7 Å². The summed E-state index contributed by atoms with van der Waals surface area (Å²) in [4.78, 5) is 43.3. The Hall–Kier alpha value is -3.20. The van der Waals surface area contributed by atoms with E-state index in [-0.39, 0.29) is 36.2 Å². The van der Waals surface area contributed by atoms with Crippen LogP contribution in [0.4, 0.5) is 0 Å². The third kappa shape index (κ3) is 5.34. The number of amides is 3. The standard InChI is InChI=1S/C28H34ClN5O4/c1-30-27(36)19-7-2-3-8-20(19)28(37)34-15-12-21-22(29)10-11-24(38-17-18-6-4-13-31-32-18)26(21)23(34)16-33-14-5-9-25(33)35/h4,6,10-11,13,19-20,23H,2-3,5,7-9,12,14-17H2,1H3,(H,30,36)/t19?,20?,23-/m1/s1. The highest BCUT2D eigenvalue weighted by Crippen LogP contribution is 2.43. The molecule has 2 fully saturated rings. The van der Waals surface area contributed by atoms with Crippen molar-refractivity contribution in [1.29, 1.82) is 0 Å². The van der Waals surface area contributed by atoms with Crippen LogP contribution < -0.4 is 10.1 Å². The lowest BCUT2D eigenvalue weighted by molar-refractivity contribution is -0.147. The van der Waals surface area contributed by atoms with Gasteiger partial charge in [-0.1, -0.05) is 24.4 Å². The summed E-state index contributed by atoms with van der Waals surface area (Å²) in [5.41, 5.74) is 2.46. The Morgan fingerprint density at radius 3 is 2.63 bits per heavy atom. The van der Waals surface area contributed by atoms with Crippen LogP contribution in [0.5, 0.6) is 5.75 Å². The number of nitrogens with zero attached hydrogens (tertiary/aromatic N) is 4. The zero-order valence-corrected chi connectivity index (χ0v) is 22.5. The molecule has 38 heavy (non-hydrogen) atoms. The number of halogens is 1. The zero-order chi connectivity index (χ0) is 26.6. The molecule has 3 amide bonds. The molecule has 2 aliphatic heterocycles. The van der Waals surface area contributed by atoms with E-state index in [1.54, 1.807) is 19.3 Å². The van der Waals surface area contributed by atoms with Crippen LogP contribution in [0.25, 0.3) is 0 Å². The quantitative estimate of drug-likeness (QED) is 0.579. The molecular weight excluding hydrogens is 506 g/mol. The molecule has 0 bridgehead atoms. The van der Waals surface area contributed by atoms with E-state index >= 15 is 0 Å². The van der Waals surface area contributed by atoms with Crippen LogP contribution in [0.3, 0.4) is 0 Å². The first-order valence-electron chi connectivity index (χ1n) is 13.5. The maximum absolute atomic E-state index is 14.2. The fourth-order valence-corrected chi connectivity index (χ4v) is 6.43. The molecule has 9 nitrogen and oxygen atoms in total. The van der Waals surface area contributed by atoms with Gasteiger partial charge in [-0.25, -0.2) is 0 Å². The minimum atomic E-state index is -0.420. The Kier molecular flexibility index (Phi) is 8.12. The number of hydrogen-bond acceptors (Lipinski definition) is 6. The van der Waals surface area contributed by atoms with Gasteiger partial charge in [0.2, 0.25) is 17.7 Å². The molecule has 1 aromatic carbocycles. The number of aromatic nitrogens is 2. The molecule has 1 aromatic heterocycles. The van der Waals surface area contributed by atoms with Gasteiger partial charge < -0.3 is 19.9 Å². The Balaban J connectivity index is 1.51. The van der Waals surface area contributed by atoms with Gasteiger partial charge in [-0.05, 0) is 55.5 Å². The highest BCUT2D eigenvalue weighted by atomic mass is 35.5. The van der Waals surface area contributed by atoms with E-state index in [9.17, 15) is 14.4 Å². The van der Waals surface area contributed by atoms with Crippen molar-refractivity contribution in [3.63, 3.8) is 0 Å². The molecule has 1 saturated heterocycles. The maximum Gasteiger partial charge on any atom is 0.227 e. The predicted molar refractivity (Wildman–Crippen MR) is 141 cm³/mol. The molecule has 202 valence electrons. The number of carbonyl (C=O) groups excluding carboxylic acids is 3. The number of benzene rings is 1. The summed E-state index contributed by atoms with van der Waals surface area (Å²) < 4.78 is 6.25. The fraction of sp³-hybridized carbons (Fsp3) is 0.536. The molecule has 2 aromatic rings. The van der Waals surface area contributed by atoms with Crippen molar-refractivity contribution in [3.8, 4) is 5.75 Å². The van der Waals surface area contributed by atoms with Crippen molar-refractivity contribution in [1.82, 2.24) is 25.3 Å². The Morgan fingerprint density at radius 1 is 1.11 bits per heavy atom. The smallest absolute Gasteiger partial charge is 0.227 e. The summed E-state index contributed by atoms with van der Waals surface area (Å²) >= 11 is 6.69. The van der Waals surface area contributed by atoms with E-state index in [1.807, 2.05) is 28.0 Å². The topological polar surface area (TPSA) is 105 Å². The molecule has 10 heteroatoms. The van der Waals surface area contributed by atoms with Crippen LogP contribution in [0.2, 0.25) is 5.02 Å². The molecule has 3 aliphatic rings. The van der Waals surface area contributed by atoms with Gasteiger partial charge in [-0.2, -0.15) is 10.2 Å². The summed E-state index contributed by atoms with van der Waals surface area (Å²) in [6.45, 7) is 1.72. The number of likely N-dealkylation sites (tertiary alicyclic amines) is 1. The van der Waals surface area contributed by atoms with Crippen LogP contribution in [0.15, 0.2) is 30.5 Å². The van der Waals surface area contributed by atoms with Crippen LogP contribution in [0.1, 0.15) is 61.4 Å². The predicted octanol–water partition coefficient (Wildman–Crippen LogP) is 3.31. The number of ether oxygens (including phenoxy) is 1. The first-order valence-corrected chi connectivity index (χ1v) is 13.9. The van der Waals surface area contributed by atoms with E-state index in [1.165, 1.54) is 0 Å². The molecule has 0 spiro atoms. The molecular formula is C28H34ClN5O4. The highest BCUT2D eigenvalue weighted by Gasteiger charge is 2.43. The van der Waals surface area contributed by atoms with Crippen molar-refractivity contribution >= 4 is 29.3 Å². The third-order valence-electron chi connectivity index (χ3n) is 8.09. The summed E-state index contributed by atoms with van der Waals surface area (Å²) in [5, 5.41) is 11.4. The van der Waals surface area contributed by atoms with Gasteiger partial charge in [0.1, 0.15) is 18.1 Å². The summed E-state index contributed by atoms with van der Waals surface area (Å²) in [7, 11) is 1.63. The first-order chi connectivity index (χ1) is 18.5. The van der Waals surface area contributed by atoms with Gasteiger partial charge in [-0.15, -0.1) is 0 Å². The molecule has 5 rings (SSSR count). The number of hydrogen-bond donors (Lipinski definition) is 1. The lowest BCUT2D eigenvalue weighted by Gasteiger charge is -2.43. The zero-order valence-electron chi connectivity index (χ0n) is 21.7. The first kappa shape index (κ1) is 26.4. The average Bonchev–Trinajstić information content (AvgIpc) is 3.36. The van der Waals surface area contributed by atoms with Gasteiger partial charge in [0.25, 0.3) is 0 Å². The number of nitrogens with one attached hydrogen (secondary N) is 1. The van der Waals surface area contributed by atoms with Gasteiger partial charge in [0.05, 0.1) is 6.04 Å². The Bertz CT molecular complexity index is 1190. The second-order valence-electron chi connectivity index (χ2n) is 10.3. The molecule has 3 atom stereocenters. The van der Waals surface area contributed by atoms with E-state index in [4.69, 9.17) is 16.3 Å². The van der Waals surface area contributed by atoms with Crippen molar-refractivity contribution in [2.45, 2.75) is 57.6 Å². The monoisotopic (exact) mass is 539 g/mol. The molecule has 1 N–H and O–H groups in total. The highest BCUT2D eigenvalue weighted by molar-refractivity contribution is 6.31. The Morgan fingerprint density at radius 2 is 1.92 bits per heavy atom. The molecule has 1 saturated carbocycles. The maximum atomic E-state index is 14.2. The number of carbonyl (C=O) groups is 3. The van der Waals surface area contributed by atoms with E-state index in [2.05, 4.69) is 15.5 Å². The molecule has 1 aliphatic carbocycles. The van der Waals surface area contributed by atoms with E-state index in [0.717, 1.165) is 30.4 Å². The van der Waals surface area contributed by atoms with Crippen LogP contribution in [-0.4, -0.2) is 64.4 Å². The van der Waals surface area contributed by atoms with Gasteiger partial charge in [-0.3, -0.25) is 14.4 Å². The van der Waals surface area contributed by atoms with Gasteiger partial charge in [0.15, 0.2) is 0 Å². The van der Waals surface area contributed by atoms with Crippen LogP contribution >= 0.6 is 11.6 Å². The fourth-order valence-electron chi connectivity index (χ4n) is 6.17. The minimum Gasteiger partial charge on any atom is -0.487 e. The van der Waals surface area contributed by atoms with Crippen molar-refractivity contribution in [3.05, 3.63) is 52.3 Å². The van der Waals surface area contributed by atoms with Crippen molar-refractivity contribution in [2.75, 3.05) is 26.7 Å². The average molecular weight is 540 g/mol. The summed E-state index contributed by atoms with van der Waals surface area (Å²) in [6.07, 6.45) is 6.74. The normalized spacial score (nSPS) is 23.2. The second kappa shape index (κ2) is 11.7. The molecule has 0 radical (unpaired) electrons. The van der Waals surface area contributed by atoms with E-state index < -0.39 is 6.04 Å². The van der Waals surface area contributed by atoms with Crippen molar-refractivity contribution < 1.29 is 19.1 Å². The van der Waals surface area contributed by atoms with E-state index in [0.29, 0.717) is 61.8 Å². The molecule has 3 heterocycles. The summed E-state index contributed by atoms with van der Waals surface area (Å²) in [5.74, 6) is -0.123. The van der Waals surface area contributed by atoms with Crippen molar-refractivity contribution in [2.24, 2.45) is 11.8 Å². The lowest BCUT2D eigenvalue weighted by atomic mass is 9.77. The van der Waals surface area contributed by atoms with Crippen LogP contribution in [-0.2, 0) is 27.4 Å². The molecule has 2 unspecified atom stereocenters. The number of fused-ring (bicyclic) bond motifs is 1. The third-order valence-corrected chi connectivity index (χ3v) is 8.44. The second-order valence-corrected chi connectivity index (χ2v) is 10.7. The van der Waals surface area contributed by atoms with Crippen LogP contribution in [0, 0.1) is 11.8 Å². The lowest BCUT2D eigenvalue weighted by Crippen LogP contribution is -2.50. The van der Waals surface area contributed by atoms with Gasteiger partial charge >= 0.3 is 0 Å².